The van der Waals surface area contributed by atoms with E-state index in [0.717, 1.165) is 0 Å². The van der Waals surface area contributed by atoms with Crippen LogP contribution in [0, 0.1) is 24.7 Å². The molecule has 0 radical (unpaired) electrons. The molecule has 0 bridgehead atoms. The molecule has 0 saturated carbocycles. The van der Waals surface area contributed by atoms with Crippen LogP contribution in [0.4, 0.5) is 0 Å². The lowest BCUT2D eigenvalue weighted by molar-refractivity contribution is 0.998. The first kappa shape index (κ1) is 6.32. The molecule has 0 spiro atoms. The summed E-state index contributed by atoms with van der Waals surface area (Å²) < 4.78 is 0. The Bertz CT molecular complexity index is 265. The normalized spacial score (nSPS) is 7.80. The van der Waals surface area contributed by atoms with Gasteiger partial charge in [0.1, 0.15) is 11.4 Å². The number of nitrogens with zero attached hydrogens (tertiary/aromatic N) is 2. The van der Waals surface area contributed by atoms with E-state index in [4.69, 9.17) is 12.8 Å². The number of terminal acetylenes is 2. The SMILES string of the molecule is C#Cc1ccc(C#C)nn1. The third-order valence-corrected chi connectivity index (χ3v) is 0.960. The van der Waals surface area contributed by atoms with Gasteiger partial charge in [0.2, 0.25) is 0 Å². The van der Waals surface area contributed by atoms with Gasteiger partial charge in [0.15, 0.2) is 0 Å². The van der Waals surface area contributed by atoms with Crippen LogP contribution in [0.2, 0.25) is 0 Å². The second kappa shape index (κ2) is 2.66. The molecule has 1 rings (SSSR count). The van der Waals surface area contributed by atoms with Crippen LogP contribution in [0.15, 0.2) is 12.1 Å². The maximum Gasteiger partial charge on any atom is 0.135 e. The molecule has 0 N–H and O–H groups in total. The maximum atomic E-state index is 5.04. The summed E-state index contributed by atoms with van der Waals surface area (Å²) in [7, 11) is 0. The molecular formula is C8H4N2. The summed E-state index contributed by atoms with van der Waals surface area (Å²) in [4.78, 5) is 0. The van der Waals surface area contributed by atoms with Gasteiger partial charge in [-0.05, 0) is 24.0 Å². The second-order valence-electron chi connectivity index (χ2n) is 1.59. The smallest absolute Gasteiger partial charge is 0.135 e. The van der Waals surface area contributed by atoms with Crippen LogP contribution in [0.25, 0.3) is 0 Å². The standard InChI is InChI=1S/C8H4N2/c1-3-7-5-6-8(4-2)10-9-7/h1-2,5-6H. The number of hydrogen-bond acceptors (Lipinski definition) is 2. The van der Waals surface area contributed by atoms with Gasteiger partial charge in [-0.2, -0.15) is 0 Å². The molecule has 0 aliphatic carbocycles. The van der Waals surface area contributed by atoms with Crippen LogP contribution < -0.4 is 0 Å². The van der Waals surface area contributed by atoms with Crippen molar-refractivity contribution in [2.24, 2.45) is 0 Å². The van der Waals surface area contributed by atoms with Gasteiger partial charge in [0, 0.05) is 0 Å². The van der Waals surface area contributed by atoms with Gasteiger partial charge in [-0.25, -0.2) is 0 Å². The van der Waals surface area contributed by atoms with Crippen LogP contribution in [-0.4, -0.2) is 10.2 Å². The topological polar surface area (TPSA) is 25.8 Å². The minimum absolute atomic E-state index is 0.499. The van der Waals surface area contributed by atoms with Crippen LogP contribution in [0.5, 0.6) is 0 Å². The lowest BCUT2D eigenvalue weighted by Crippen LogP contribution is -1.88. The Labute approximate surface area is 59.3 Å². The van der Waals surface area contributed by atoms with Crippen molar-refractivity contribution < 1.29 is 0 Å². The molecule has 0 aliphatic heterocycles. The zero-order valence-electron chi connectivity index (χ0n) is 5.20. The van der Waals surface area contributed by atoms with E-state index in [2.05, 4.69) is 22.0 Å². The monoisotopic (exact) mass is 128 g/mol. The lowest BCUT2D eigenvalue weighted by Gasteiger charge is -1.86. The highest BCUT2D eigenvalue weighted by Gasteiger charge is 1.88. The van der Waals surface area contributed by atoms with Gasteiger partial charge in [-0.1, -0.05) is 0 Å². The van der Waals surface area contributed by atoms with Crippen molar-refractivity contribution in [2.45, 2.75) is 0 Å². The molecule has 1 aromatic heterocycles. The molecule has 0 amide bonds. The Morgan fingerprint density at radius 3 is 1.60 bits per heavy atom. The molecule has 0 fully saturated rings. The predicted molar refractivity (Wildman–Crippen MR) is 37.9 cm³/mol. The van der Waals surface area contributed by atoms with Crippen LogP contribution in [-0.2, 0) is 0 Å². The first-order valence-electron chi connectivity index (χ1n) is 2.64. The van der Waals surface area contributed by atoms with E-state index < -0.39 is 0 Å². The van der Waals surface area contributed by atoms with Crippen molar-refractivity contribution in [1.82, 2.24) is 10.2 Å². The average molecular weight is 128 g/mol. The lowest BCUT2D eigenvalue weighted by atomic mass is 10.3. The van der Waals surface area contributed by atoms with Crippen molar-refractivity contribution in [3.63, 3.8) is 0 Å². The Balaban J connectivity index is 3.08. The highest BCUT2D eigenvalue weighted by molar-refractivity contribution is 5.28. The molecular weight excluding hydrogens is 124 g/mol. The highest BCUT2D eigenvalue weighted by Crippen LogP contribution is 1.91. The Hall–Kier alpha value is -1.80. The van der Waals surface area contributed by atoms with Crippen molar-refractivity contribution in [3.05, 3.63) is 23.5 Å². The Morgan fingerprint density at radius 2 is 1.40 bits per heavy atom. The summed E-state index contributed by atoms with van der Waals surface area (Å²) >= 11 is 0. The largest absolute Gasteiger partial charge is 0.141 e. The summed E-state index contributed by atoms with van der Waals surface area (Å²) in [5.41, 5.74) is 0.998. The zero-order chi connectivity index (χ0) is 7.40. The van der Waals surface area contributed by atoms with E-state index in [9.17, 15) is 0 Å². The van der Waals surface area contributed by atoms with Gasteiger partial charge >= 0.3 is 0 Å². The van der Waals surface area contributed by atoms with Crippen molar-refractivity contribution in [3.8, 4) is 24.7 Å². The summed E-state index contributed by atoms with van der Waals surface area (Å²) in [5, 5.41) is 7.28. The van der Waals surface area contributed by atoms with E-state index >= 15 is 0 Å². The molecule has 0 aromatic carbocycles. The molecule has 0 atom stereocenters. The highest BCUT2D eigenvalue weighted by atomic mass is 15.1. The van der Waals surface area contributed by atoms with Crippen molar-refractivity contribution in [2.75, 3.05) is 0 Å². The van der Waals surface area contributed by atoms with Crippen molar-refractivity contribution >= 4 is 0 Å². The molecule has 1 heterocycles. The van der Waals surface area contributed by atoms with Crippen LogP contribution >= 0.6 is 0 Å². The van der Waals surface area contributed by atoms with E-state index in [1.165, 1.54) is 0 Å². The molecule has 1 aromatic rings. The molecule has 0 saturated heterocycles. The fourth-order valence-electron chi connectivity index (χ4n) is 0.486. The fraction of sp³-hybridized carbons (Fsp3) is 0. The van der Waals surface area contributed by atoms with E-state index in [1.54, 1.807) is 12.1 Å². The molecule has 0 unspecified atom stereocenters. The second-order valence-corrected chi connectivity index (χ2v) is 1.59. The summed E-state index contributed by atoms with van der Waals surface area (Å²) in [6.07, 6.45) is 10.1. The van der Waals surface area contributed by atoms with Gasteiger partial charge < -0.3 is 0 Å². The summed E-state index contributed by atoms with van der Waals surface area (Å²) in [5.74, 6) is 4.67. The van der Waals surface area contributed by atoms with Crippen molar-refractivity contribution in [1.29, 1.82) is 0 Å². The molecule has 0 aliphatic rings. The van der Waals surface area contributed by atoms with Gasteiger partial charge in [-0.3, -0.25) is 0 Å². The maximum absolute atomic E-state index is 5.04. The zero-order valence-corrected chi connectivity index (χ0v) is 5.20. The number of hydrogen-bond donors (Lipinski definition) is 0. The minimum Gasteiger partial charge on any atom is -0.141 e. The van der Waals surface area contributed by atoms with E-state index in [1.807, 2.05) is 0 Å². The molecule has 2 heteroatoms. The average Bonchev–Trinajstić information content (AvgIpc) is 2.05. The van der Waals surface area contributed by atoms with Crippen LogP contribution in [0.1, 0.15) is 11.4 Å². The predicted octanol–water partition coefficient (Wildman–Crippen LogP) is 0.439. The number of rotatable bonds is 0. The third-order valence-electron chi connectivity index (χ3n) is 0.960. The first-order chi connectivity index (χ1) is 4.86. The Morgan fingerprint density at radius 1 is 1.00 bits per heavy atom. The van der Waals surface area contributed by atoms with Gasteiger partial charge in [0.25, 0.3) is 0 Å². The summed E-state index contributed by atoms with van der Waals surface area (Å²) in [6.45, 7) is 0. The van der Waals surface area contributed by atoms with Gasteiger partial charge in [-0.15, -0.1) is 23.0 Å². The molecule has 46 valence electrons. The van der Waals surface area contributed by atoms with Crippen LogP contribution in [0.3, 0.4) is 0 Å². The quantitative estimate of drug-likeness (QED) is 0.474. The molecule has 10 heavy (non-hydrogen) atoms. The summed E-state index contributed by atoms with van der Waals surface area (Å²) in [6, 6.07) is 3.31. The fourth-order valence-corrected chi connectivity index (χ4v) is 0.486. The third kappa shape index (κ3) is 1.13. The molecule has 2 nitrogen and oxygen atoms in total. The van der Waals surface area contributed by atoms with E-state index in [-0.39, 0.29) is 0 Å². The van der Waals surface area contributed by atoms with Gasteiger partial charge in [0.05, 0.1) is 0 Å². The number of aromatic nitrogens is 2. The first-order valence-corrected chi connectivity index (χ1v) is 2.64. The Kier molecular flexibility index (Phi) is 1.68. The minimum atomic E-state index is 0.499. The van der Waals surface area contributed by atoms with E-state index in [0.29, 0.717) is 11.4 Å².